The van der Waals surface area contributed by atoms with Gasteiger partial charge in [-0.25, -0.2) is 0 Å². The molecule has 3 aliphatic rings. The van der Waals surface area contributed by atoms with Crippen LogP contribution in [0.5, 0.6) is 0 Å². The van der Waals surface area contributed by atoms with Crippen molar-refractivity contribution < 1.29 is 9.21 Å². The van der Waals surface area contributed by atoms with Gasteiger partial charge in [-0.05, 0) is 50.8 Å². The molecule has 1 atom stereocenters. The molecule has 29 heavy (non-hydrogen) atoms. The summed E-state index contributed by atoms with van der Waals surface area (Å²) in [5, 5.41) is 0. The first-order valence-corrected chi connectivity index (χ1v) is 11.1. The van der Waals surface area contributed by atoms with Gasteiger partial charge < -0.3 is 14.2 Å². The summed E-state index contributed by atoms with van der Waals surface area (Å²) in [5.41, 5.74) is 1.78. The summed E-state index contributed by atoms with van der Waals surface area (Å²) in [5.74, 6) is 0.535. The molecule has 6 heteroatoms. The Morgan fingerprint density at radius 3 is 2.69 bits per heavy atom. The van der Waals surface area contributed by atoms with Gasteiger partial charge in [-0.15, -0.1) is 0 Å². The van der Waals surface area contributed by atoms with E-state index in [1.807, 2.05) is 29.2 Å². The highest BCUT2D eigenvalue weighted by atomic mass is 16.4. The van der Waals surface area contributed by atoms with Gasteiger partial charge in [0.2, 0.25) is 5.91 Å². The number of benzene rings is 1. The highest BCUT2D eigenvalue weighted by Crippen LogP contribution is 2.28. The third kappa shape index (κ3) is 3.90. The number of amides is 1. The van der Waals surface area contributed by atoms with E-state index in [1.165, 1.54) is 0 Å². The lowest BCUT2D eigenvalue weighted by molar-refractivity contribution is -0.137. The Morgan fingerprint density at radius 1 is 1.03 bits per heavy atom. The number of fused-ring (bicyclic) bond motifs is 1. The van der Waals surface area contributed by atoms with Gasteiger partial charge in [0.05, 0.1) is 5.92 Å². The molecule has 154 valence electrons. The van der Waals surface area contributed by atoms with Gasteiger partial charge in [0, 0.05) is 38.8 Å². The number of oxazole rings is 1. The second-order valence-corrected chi connectivity index (χ2v) is 8.56. The first kappa shape index (κ1) is 18.7. The number of carbonyl (C=O) groups excluding carboxylic acids is 1. The van der Waals surface area contributed by atoms with E-state index in [4.69, 9.17) is 4.42 Å². The van der Waals surface area contributed by atoms with Crippen LogP contribution in [-0.2, 0) is 4.79 Å². The van der Waals surface area contributed by atoms with Crippen molar-refractivity contribution in [1.82, 2.24) is 14.8 Å². The van der Waals surface area contributed by atoms with Crippen LogP contribution in [0, 0.1) is 5.92 Å². The number of carbonyl (C=O) groups is 1. The lowest BCUT2D eigenvalue weighted by Gasteiger charge is -2.42. The van der Waals surface area contributed by atoms with Crippen LogP contribution in [0.15, 0.2) is 40.8 Å². The first-order valence-electron chi connectivity index (χ1n) is 11.1. The Morgan fingerprint density at radius 2 is 1.90 bits per heavy atom. The Labute approximate surface area is 172 Å². The van der Waals surface area contributed by atoms with Gasteiger partial charge in [-0.3, -0.25) is 9.69 Å². The van der Waals surface area contributed by atoms with Gasteiger partial charge in [0.15, 0.2) is 5.58 Å². The summed E-state index contributed by atoms with van der Waals surface area (Å²) in [7, 11) is 0. The molecule has 0 bridgehead atoms. The number of anilines is 1. The molecule has 6 nitrogen and oxygen atoms in total. The topological polar surface area (TPSA) is 52.8 Å². The van der Waals surface area contributed by atoms with Crippen LogP contribution in [-0.4, -0.2) is 66.0 Å². The van der Waals surface area contributed by atoms with Crippen LogP contribution in [0.1, 0.15) is 32.1 Å². The van der Waals surface area contributed by atoms with Crippen molar-refractivity contribution >= 4 is 23.0 Å². The molecule has 1 aromatic carbocycles. The largest absolute Gasteiger partial charge is 0.423 e. The molecule has 0 radical (unpaired) electrons. The predicted molar refractivity (Wildman–Crippen MR) is 114 cm³/mol. The normalized spacial score (nSPS) is 24.3. The van der Waals surface area contributed by atoms with Crippen molar-refractivity contribution in [3.05, 3.63) is 36.4 Å². The van der Waals surface area contributed by atoms with E-state index in [9.17, 15) is 4.79 Å². The molecule has 5 rings (SSSR count). The van der Waals surface area contributed by atoms with Gasteiger partial charge in [-0.2, -0.15) is 4.98 Å². The lowest BCUT2D eigenvalue weighted by Crippen LogP contribution is -2.51. The van der Waals surface area contributed by atoms with Gasteiger partial charge in [0.25, 0.3) is 6.01 Å². The van der Waals surface area contributed by atoms with Crippen molar-refractivity contribution in [3.8, 4) is 0 Å². The molecule has 2 fully saturated rings. The summed E-state index contributed by atoms with van der Waals surface area (Å²) in [4.78, 5) is 24.5. The van der Waals surface area contributed by atoms with E-state index < -0.39 is 0 Å². The zero-order valence-electron chi connectivity index (χ0n) is 17.0. The molecular weight excluding hydrogens is 364 g/mol. The fourth-order valence-corrected chi connectivity index (χ4v) is 5.06. The van der Waals surface area contributed by atoms with Crippen molar-refractivity contribution in [3.63, 3.8) is 0 Å². The van der Waals surface area contributed by atoms with E-state index >= 15 is 0 Å². The standard InChI is InChI=1S/C23H30N4O2/c28-22(25-12-4-1-5-13-25)18-7-6-14-27(17-18)19-10-15-26(16-11-19)23-24-20-8-2-3-9-21(20)29-23/h1-4,8-9,18-19H,5-7,10-17H2/t18-/m0/s1. The Kier molecular flexibility index (Phi) is 5.27. The fraction of sp³-hybridized carbons (Fsp3) is 0.565. The van der Waals surface area contributed by atoms with E-state index in [1.54, 1.807) is 0 Å². The molecular formula is C23H30N4O2. The molecule has 2 saturated heterocycles. The number of likely N-dealkylation sites (tertiary alicyclic amines) is 1. The average Bonchev–Trinajstić information content (AvgIpc) is 3.24. The van der Waals surface area contributed by atoms with E-state index in [2.05, 4.69) is 26.9 Å². The van der Waals surface area contributed by atoms with E-state index in [0.29, 0.717) is 11.9 Å². The number of piperidine rings is 2. The summed E-state index contributed by atoms with van der Waals surface area (Å²) >= 11 is 0. The number of aromatic nitrogens is 1. The highest BCUT2D eigenvalue weighted by Gasteiger charge is 2.34. The van der Waals surface area contributed by atoms with E-state index in [-0.39, 0.29) is 5.92 Å². The number of hydrogen-bond donors (Lipinski definition) is 0. The smallest absolute Gasteiger partial charge is 0.298 e. The third-order valence-corrected chi connectivity index (χ3v) is 6.71. The lowest BCUT2D eigenvalue weighted by atomic mass is 9.92. The Balaban J connectivity index is 1.18. The summed E-state index contributed by atoms with van der Waals surface area (Å²) in [6.07, 6.45) is 9.68. The fourth-order valence-electron chi connectivity index (χ4n) is 5.06. The molecule has 1 amide bonds. The Bertz CT molecular complexity index is 851. The van der Waals surface area contributed by atoms with Gasteiger partial charge >= 0.3 is 0 Å². The minimum atomic E-state index is 0.172. The summed E-state index contributed by atoms with van der Waals surface area (Å²) < 4.78 is 5.95. The van der Waals surface area contributed by atoms with Crippen molar-refractivity contribution in [1.29, 1.82) is 0 Å². The average molecular weight is 395 g/mol. The van der Waals surface area contributed by atoms with Crippen LogP contribution < -0.4 is 4.90 Å². The highest BCUT2D eigenvalue weighted by molar-refractivity contribution is 5.79. The van der Waals surface area contributed by atoms with Gasteiger partial charge in [-0.1, -0.05) is 24.3 Å². The van der Waals surface area contributed by atoms with Crippen LogP contribution in [0.4, 0.5) is 6.01 Å². The molecule has 0 spiro atoms. The zero-order chi connectivity index (χ0) is 19.6. The van der Waals surface area contributed by atoms with Crippen molar-refractivity contribution in [2.45, 2.75) is 38.1 Å². The molecule has 0 saturated carbocycles. The maximum atomic E-state index is 12.9. The molecule has 2 aromatic rings. The quantitative estimate of drug-likeness (QED) is 0.748. The second-order valence-electron chi connectivity index (χ2n) is 8.56. The minimum Gasteiger partial charge on any atom is -0.423 e. The van der Waals surface area contributed by atoms with Gasteiger partial charge in [0.1, 0.15) is 5.52 Å². The van der Waals surface area contributed by atoms with Crippen molar-refractivity contribution in [2.75, 3.05) is 44.2 Å². The molecule has 1 aromatic heterocycles. The van der Waals surface area contributed by atoms with Crippen LogP contribution in [0.3, 0.4) is 0 Å². The van der Waals surface area contributed by atoms with Crippen molar-refractivity contribution in [2.24, 2.45) is 5.92 Å². The monoisotopic (exact) mass is 394 g/mol. The number of hydrogen-bond acceptors (Lipinski definition) is 5. The summed E-state index contributed by atoms with van der Waals surface area (Å²) in [6.45, 7) is 5.64. The second kappa shape index (κ2) is 8.19. The molecule has 0 unspecified atom stereocenters. The summed E-state index contributed by atoms with van der Waals surface area (Å²) in [6, 6.07) is 9.26. The van der Waals surface area contributed by atoms with Crippen LogP contribution >= 0.6 is 0 Å². The van der Waals surface area contributed by atoms with E-state index in [0.717, 1.165) is 88.5 Å². The zero-order valence-corrected chi connectivity index (χ0v) is 17.0. The van der Waals surface area contributed by atoms with Crippen LogP contribution in [0.25, 0.3) is 11.1 Å². The molecule has 3 aliphatic heterocycles. The minimum absolute atomic E-state index is 0.172. The number of nitrogens with zero attached hydrogens (tertiary/aromatic N) is 4. The third-order valence-electron chi connectivity index (χ3n) is 6.71. The molecule has 0 aliphatic carbocycles. The molecule has 4 heterocycles. The maximum absolute atomic E-state index is 12.9. The number of para-hydroxylation sites is 2. The predicted octanol–water partition coefficient (Wildman–Crippen LogP) is 3.30. The maximum Gasteiger partial charge on any atom is 0.298 e. The number of rotatable bonds is 3. The molecule has 0 N–H and O–H groups in total. The van der Waals surface area contributed by atoms with Crippen LogP contribution in [0.2, 0.25) is 0 Å². The SMILES string of the molecule is O=C([C@H]1CCCN(C2CCN(c3nc4ccccc4o3)CC2)C1)N1CC=CCC1. The Hall–Kier alpha value is -2.34. The first-order chi connectivity index (χ1) is 14.3.